The lowest BCUT2D eigenvalue weighted by atomic mass is 9.81. The third kappa shape index (κ3) is 7.99. The molecule has 3 aromatic carbocycles. The fourth-order valence-corrected chi connectivity index (χ4v) is 7.77. The Morgan fingerprint density at radius 1 is 1.00 bits per heavy atom. The lowest BCUT2D eigenvalue weighted by Crippen LogP contribution is -2.52. The van der Waals surface area contributed by atoms with Gasteiger partial charge in [0.05, 0.1) is 40.6 Å². The van der Waals surface area contributed by atoms with E-state index in [2.05, 4.69) is 10.4 Å². The second kappa shape index (κ2) is 14.1. The Balaban J connectivity index is 1.40. The lowest BCUT2D eigenvalue weighted by molar-refractivity contribution is 0.0200. The van der Waals surface area contributed by atoms with Crippen LogP contribution in [0.4, 0.5) is 13.6 Å². The van der Waals surface area contributed by atoms with Crippen LogP contribution in [-0.2, 0) is 36.0 Å². The van der Waals surface area contributed by atoms with Gasteiger partial charge in [0.15, 0.2) is 16.8 Å². The molecule has 4 N–H and O–H groups in total. The van der Waals surface area contributed by atoms with Crippen LogP contribution in [0.3, 0.4) is 0 Å². The molecular formula is C30H31ClF2N6O6S3. The number of halogens is 3. The Labute approximate surface area is 285 Å². The summed E-state index contributed by atoms with van der Waals surface area (Å²) in [4.78, 5) is 16.6. The number of thioether (sulfide) groups is 1. The quantitative estimate of drug-likeness (QED) is 0.201. The molecular weight excluding hydrogens is 710 g/mol. The predicted molar refractivity (Wildman–Crippen MR) is 176 cm³/mol. The number of hydrogen-bond donors (Lipinski definition) is 3. The topological polar surface area (TPSA) is 166 Å². The van der Waals surface area contributed by atoms with Crippen molar-refractivity contribution in [1.82, 2.24) is 24.7 Å². The molecule has 1 saturated heterocycles. The molecule has 18 heteroatoms. The second-order valence-corrected chi connectivity index (χ2v) is 15.8. The lowest BCUT2D eigenvalue weighted by Gasteiger charge is -2.27. The summed E-state index contributed by atoms with van der Waals surface area (Å²) in [7, 11) is -8.17. The van der Waals surface area contributed by atoms with Crippen molar-refractivity contribution < 1.29 is 35.1 Å². The molecule has 0 aliphatic carbocycles. The molecule has 2 amide bonds. The number of aromatic nitrogens is 2. The molecule has 4 aromatic rings. The molecule has 1 aromatic heterocycles. The Bertz CT molecular complexity index is 2060. The summed E-state index contributed by atoms with van der Waals surface area (Å²) >= 11 is 7.70. The van der Waals surface area contributed by atoms with Gasteiger partial charge < -0.3 is 4.74 Å². The van der Waals surface area contributed by atoms with Crippen molar-refractivity contribution in [2.75, 3.05) is 26.3 Å². The number of nitrogens with one attached hydrogen (secondary N) is 2. The molecule has 0 spiro atoms. The first-order valence-corrected chi connectivity index (χ1v) is 18.7. The van der Waals surface area contributed by atoms with Gasteiger partial charge in [0.2, 0.25) is 10.0 Å². The van der Waals surface area contributed by atoms with Gasteiger partial charge in [0.25, 0.3) is 10.0 Å². The van der Waals surface area contributed by atoms with Crippen LogP contribution in [0.25, 0.3) is 5.69 Å². The molecule has 48 heavy (non-hydrogen) atoms. The number of rotatable bonds is 10. The highest BCUT2D eigenvalue weighted by Gasteiger charge is 2.30. The average Bonchev–Trinajstić information content (AvgIpc) is 3.46. The Morgan fingerprint density at radius 3 is 2.29 bits per heavy atom. The molecule has 0 saturated carbocycles. The van der Waals surface area contributed by atoms with E-state index in [0.29, 0.717) is 48.3 Å². The third-order valence-corrected chi connectivity index (χ3v) is 11.2. The number of imidazole rings is 1. The van der Waals surface area contributed by atoms with Gasteiger partial charge in [-0.1, -0.05) is 55.4 Å². The molecule has 0 radical (unpaired) electrons. The standard InChI is InChI=1S/C30H31ClF2N6O6S3/c1-30(2,20-4-8-22(9-5-20)47(34,41)42)27-17-35-29(39(27)21-6-10-25(32)26(33)15-21)46-18-19-3-7-23(16-24(19)31)48(43,44)37-28(40)36-38-11-13-45-14-12-38/h3-10,15-17H,11-14,18H2,1-2H3,(H2,34,41,42)(H2,36,37,40). The minimum absolute atomic E-state index is 0.0601. The zero-order valence-corrected chi connectivity index (χ0v) is 28.8. The summed E-state index contributed by atoms with van der Waals surface area (Å²) in [5, 5.41) is 7.30. The van der Waals surface area contributed by atoms with Crippen LogP contribution in [0.2, 0.25) is 5.02 Å². The largest absolute Gasteiger partial charge is 0.379 e. The molecule has 1 aliphatic rings. The van der Waals surface area contributed by atoms with E-state index in [1.165, 1.54) is 48.2 Å². The van der Waals surface area contributed by atoms with Crippen LogP contribution < -0.4 is 15.3 Å². The van der Waals surface area contributed by atoms with E-state index in [9.17, 15) is 30.4 Å². The number of hydrazine groups is 1. The highest BCUT2D eigenvalue weighted by Crippen LogP contribution is 2.38. The molecule has 2 heterocycles. The minimum Gasteiger partial charge on any atom is -0.379 e. The number of carbonyl (C=O) groups excluding carboxylic acids is 1. The van der Waals surface area contributed by atoms with Gasteiger partial charge in [-0.2, -0.15) is 0 Å². The number of hydrogen-bond acceptors (Lipinski definition) is 9. The van der Waals surface area contributed by atoms with Crippen LogP contribution in [0.15, 0.2) is 81.8 Å². The first-order valence-electron chi connectivity index (χ1n) is 14.3. The number of sulfonamides is 2. The van der Waals surface area contributed by atoms with Crippen LogP contribution >= 0.6 is 23.4 Å². The maximum Gasteiger partial charge on any atom is 0.343 e. The zero-order valence-electron chi connectivity index (χ0n) is 25.6. The summed E-state index contributed by atoms with van der Waals surface area (Å²) in [5.74, 6) is -1.89. The maximum atomic E-state index is 14.5. The number of nitrogens with two attached hydrogens (primary N) is 1. The summed E-state index contributed by atoms with van der Waals surface area (Å²) in [5.41, 5.74) is 3.75. The number of amides is 2. The van der Waals surface area contributed by atoms with E-state index in [-0.39, 0.29) is 26.3 Å². The van der Waals surface area contributed by atoms with E-state index < -0.39 is 43.1 Å². The van der Waals surface area contributed by atoms with Crippen LogP contribution in [0.5, 0.6) is 0 Å². The summed E-state index contributed by atoms with van der Waals surface area (Å²) in [6.07, 6.45) is 1.59. The number of morpholine rings is 1. The number of ether oxygens (including phenoxy) is 1. The van der Waals surface area contributed by atoms with E-state index in [1.807, 2.05) is 18.6 Å². The van der Waals surface area contributed by atoms with Gasteiger partial charge in [-0.15, -0.1) is 0 Å². The highest BCUT2D eigenvalue weighted by molar-refractivity contribution is 7.98. The van der Waals surface area contributed by atoms with E-state index in [4.69, 9.17) is 21.5 Å². The fraction of sp³-hybridized carbons (Fsp3) is 0.267. The Kier molecular flexibility index (Phi) is 10.5. The number of urea groups is 1. The minimum atomic E-state index is -4.25. The fourth-order valence-electron chi connectivity index (χ4n) is 4.94. The first kappa shape index (κ1) is 35.7. The van der Waals surface area contributed by atoms with E-state index in [1.54, 1.807) is 27.9 Å². The van der Waals surface area contributed by atoms with Crippen molar-refractivity contribution in [1.29, 1.82) is 0 Å². The maximum absolute atomic E-state index is 14.5. The van der Waals surface area contributed by atoms with Crippen LogP contribution in [0, 0.1) is 11.6 Å². The van der Waals surface area contributed by atoms with Crippen molar-refractivity contribution in [3.63, 3.8) is 0 Å². The van der Waals surface area contributed by atoms with Crippen molar-refractivity contribution in [2.45, 2.75) is 40.0 Å². The van der Waals surface area contributed by atoms with E-state index >= 15 is 0 Å². The van der Waals surface area contributed by atoms with Gasteiger partial charge in [-0.3, -0.25) is 9.99 Å². The molecule has 12 nitrogen and oxygen atoms in total. The molecule has 0 atom stereocenters. The van der Waals surface area contributed by atoms with Crippen LogP contribution in [-0.4, -0.2) is 63.7 Å². The van der Waals surface area contributed by atoms with Gasteiger partial charge in [-0.05, 0) is 47.5 Å². The monoisotopic (exact) mass is 740 g/mol. The molecule has 0 bridgehead atoms. The highest BCUT2D eigenvalue weighted by atomic mass is 35.5. The van der Waals surface area contributed by atoms with Gasteiger partial charge >= 0.3 is 6.03 Å². The van der Waals surface area contributed by atoms with Crippen LogP contribution in [0.1, 0.15) is 30.7 Å². The van der Waals surface area contributed by atoms with E-state index in [0.717, 1.165) is 12.1 Å². The van der Waals surface area contributed by atoms with Gasteiger partial charge in [0.1, 0.15) is 0 Å². The average molecular weight is 741 g/mol. The summed E-state index contributed by atoms with van der Waals surface area (Å²) < 4.78 is 86.5. The zero-order chi connectivity index (χ0) is 34.9. The molecule has 5 rings (SSSR count). The van der Waals surface area contributed by atoms with Crippen molar-refractivity contribution >= 4 is 49.4 Å². The van der Waals surface area contributed by atoms with Gasteiger partial charge in [-0.25, -0.2) is 50.3 Å². The number of carbonyl (C=O) groups is 1. The first-order chi connectivity index (χ1) is 22.6. The number of benzene rings is 3. The molecule has 1 fully saturated rings. The van der Waals surface area contributed by atoms with Gasteiger partial charge in [0, 0.05) is 35.3 Å². The second-order valence-electron chi connectivity index (χ2n) is 11.2. The third-order valence-electron chi connectivity index (χ3n) is 7.63. The van der Waals surface area contributed by atoms with Crippen molar-refractivity contribution in [3.8, 4) is 5.69 Å². The number of primary sulfonamides is 1. The normalized spacial score (nSPS) is 14.5. The Hall–Kier alpha value is -3.58. The molecule has 1 aliphatic heterocycles. The number of nitrogens with zero attached hydrogens (tertiary/aromatic N) is 3. The van der Waals surface area contributed by atoms with Crippen molar-refractivity contribution in [2.24, 2.45) is 5.14 Å². The smallest absolute Gasteiger partial charge is 0.343 e. The summed E-state index contributed by atoms with van der Waals surface area (Å²) in [6.45, 7) is 5.36. The van der Waals surface area contributed by atoms with Crippen molar-refractivity contribution in [3.05, 3.63) is 100 Å². The Morgan fingerprint density at radius 2 is 1.67 bits per heavy atom. The molecule has 0 unspecified atom stereocenters. The summed E-state index contributed by atoms with van der Waals surface area (Å²) in [6, 6.07) is 12.6. The predicted octanol–water partition coefficient (Wildman–Crippen LogP) is 4.30. The molecule has 256 valence electrons. The SMILES string of the molecule is CC(C)(c1ccc(S(N)(=O)=O)cc1)c1cnc(SCc2ccc(S(=O)(=O)NC(=O)NN3CCOCC3)cc2Cl)n1-c1ccc(F)c(F)c1.